The molecule has 1 spiro atoms. The number of nitrogens with one attached hydrogen (secondary N) is 1. The van der Waals surface area contributed by atoms with E-state index in [9.17, 15) is 22.8 Å². The van der Waals surface area contributed by atoms with E-state index in [0.29, 0.717) is 55.7 Å². The number of hydrogen-bond acceptors (Lipinski definition) is 4. The van der Waals surface area contributed by atoms with Crippen molar-refractivity contribution >= 4 is 17.5 Å². The van der Waals surface area contributed by atoms with Gasteiger partial charge in [0.2, 0.25) is 5.91 Å². The molecule has 1 aliphatic carbocycles. The van der Waals surface area contributed by atoms with Gasteiger partial charge in [-0.25, -0.2) is 0 Å². The van der Waals surface area contributed by atoms with Crippen LogP contribution in [0.4, 0.5) is 13.2 Å². The number of amides is 1. The first-order valence-corrected chi connectivity index (χ1v) is 8.61. The van der Waals surface area contributed by atoms with Crippen molar-refractivity contribution in [3.63, 3.8) is 0 Å². The maximum absolute atomic E-state index is 12.8. The van der Waals surface area contributed by atoms with Crippen LogP contribution in [0.25, 0.3) is 0 Å². The lowest BCUT2D eigenvalue weighted by molar-refractivity contribution is -0.180. The fourth-order valence-corrected chi connectivity index (χ4v) is 3.51. The highest BCUT2D eigenvalue weighted by molar-refractivity contribution is 6.30. The molecule has 2 heterocycles. The van der Waals surface area contributed by atoms with Crippen molar-refractivity contribution in [1.82, 2.24) is 9.88 Å². The van der Waals surface area contributed by atoms with Gasteiger partial charge in [-0.3, -0.25) is 9.59 Å². The van der Waals surface area contributed by atoms with Gasteiger partial charge in [0.25, 0.3) is 5.56 Å². The molecule has 2 fully saturated rings. The number of aromatic nitrogens is 1. The van der Waals surface area contributed by atoms with Crippen molar-refractivity contribution in [3.05, 3.63) is 33.2 Å². The summed E-state index contributed by atoms with van der Waals surface area (Å²) in [5.41, 5.74) is -1.92. The van der Waals surface area contributed by atoms with Crippen LogP contribution < -0.4 is 10.9 Å². The molecule has 0 unspecified atom stereocenters. The highest BCUT2D eigenvalue weighted by atomic mass is 35.5. The monoisotopic (exact) mass is 394 g/mol. The maximum Gasteiger partial charge on any atom is 0.417 e. The average Bonchev–Trinajstić information content (AvgIpc) is 3.01. The molecule has 0 aromatic carbocycles. The van der Waals surface area contributed by atoms with Gasteiger partial charge in [0.05, 0.1) is 18.8 Å². The Morgan fingerprint density at radius 2 is 1.92 bits per heavy atom. The molecule has 1 aliphatic heterocycles. The van der Waals surface area contributed by atoms with Crippen molar-refractivity contribution in [2.24, 2.45) is 0 Å². The second-order valence-corrected chi connectivity index (χ2v) is 6.86. The average molecular weight is 395 g/mol. The molecule has 26 heavy (non-hydrogen) atoms. The van der Waals surface area contributed by atoms with Crippen molar-refractivity contribution in [2.75, 3.05) is 13.2 Å². The third kappa shape index (κ3) is 4.21. The van der Waals surface area contributed by atoms with Crippen molar-refractivity contribution in [1.29, 1.82) is 0 Å². The second kappa shape index (κ2) is 7.21. The normalized spacial score (nSPS) is 20.5. The van der Waals surface area contributed by atoms with Gasteiger partial charge in [-0.2, -0.15) is 13.2 Å². The Kier molecular flexibility index (Phi) is 5.32. The number of ether oxygens (including phenoxy) is 2. The Morgan fingerprint density at radius 1 is 1.31 bits per heavy atom. The Labute approximate surface area is 152 Å². The molecule has 144 valence electrons. The molecule has 1 aromatic rings. The number of hydrogen-bond donors (Lipinski definition) is 1. The van der Waals surface area contributed by atoms with Gasteiger partial charge in [-0.1, -0.05) is 11.6 Å². The molecular formula is C16H18ClF3N2O4. The highest BCUT2D eigenvalue weighted by Crippen LogP contribution is 2.35. The Balaban J connectivity index is 1.62. The van der Waals surface area contributed by atoms with Crippen molar-refractivity contribution in [2.45, 2.75) is 50.2 Å². The first kappa shape index (κ1) is 19.2. The summed E-state index contributed by atoms with van der Waals surface area (Å²) in [6.07, 6.45) is -1.53. The lowest BCUT2D eigenvalue weighted by Gasteiger charge is -2.35. The van der Waals surface area contributed by atoms with Crippen LogP contribution in [0.1, 0.15) is 31.2 Å². The van der Waals surface area contributed by atoms with Gasteiger partial charge < -0.3 is 19.4 Å². The van der Waals surface area contributed by atoms with E-state index < -0.39 is 40.6 Å². The van der Waals surface area contributed by atoms with Gasteiger partial charge in [0.1, 0.15) is 11.6 Å². The van der Waals surface area contributed by atoms with Gasteiger partial charge >= 0.3 is 6.18 Å². The first-order chi connectivity index (χ1) is 12.2. The SMILES string of the molecule is O=C(Cn1cc(C(F)(F)F)cc(Cl)c1=O)NC1CCC2(CC1)OCCO2. The van der Waals surface area contributed by atoms with Crippen LogP contribution in [0.5, 0.6) is 0 Å². The molecular weight excluding hydrogens is 377 g/mol. The zero-order valence-corrected chi connectivity index (χ0v) is 14.5. The number of rotatable bonds is 3. The van der Waals surface area contributed by atoms with Crippen LogP contribution >= 0.6 is 11.6 Å². The summed E-state index contributed by atoms with van der Waals surface area (Å²) in [5.74, 6) is -1.11. The van der Waals surface area contributed by atoms with Gasteiger partial charge in [0.15, 0.2) is 5.79 Å². The Morgan fingerprint density at radius 3 is 2.50 bits per heavy atom. The molecule has 1 saturated carbocycles. The lowest BCUT2D eigenvalue weighted by Crippen LogP contribution is -2.45. The number of pyridine rings is 1. The minimum absolute atomic E-state index is 0.141. The minimum Gasteiger partial charge on any atom is -0.352 e. The fourth-order valence-electron chi connectivity index (χ4n) is 3.29. The molecule has 0 atom stereocenters. The van der Waals surface area contributed by atoms with E-state index in [1.807, 2.05) is 0 Å². The molecule has 1 amide bonds. The van der Waals surface area contributed by atoms with Crippen LogP contribution in [0.3, 0.4) is 0 Å². The fraction of sp³-hybridized carbons (Fsp3) is 0.625. The second-order valence-electron chi connectivity index (χ2n) is 6.46. The largest absolute Gasteiger partial charge is 0.417 e. The predicted molar refractivity (Wildman–Crippen MR) is 85.7 cm³/mol. The van der Waals surface area contributed by atoms with Gasteiger partial charge in [-0.15, -0.1) is 0 Å². The summed E-state index contributed by atoms with van der Waals surface area (Å²) < 4.78 is 50.4. The van der Waals surface area contributed by atoms with Crippen LogP contribution in [-0.4, -0.2) is 35.5 Å². The number of nitrogens with zero attached hydrogens (tertiary/aromatic N) is 1. The van der Waals surface area contributed by atoms with Gasteiger partial charge in [-0.05, 0) is 18.9 Å². The summed E-state index contributed by atoms with van der Waals surface area (Å²) >= 11 is 5.58. The van der Waals surface area contributed by atoms with E-state index in [1.54, 1.807) is 0 Å². The van der Waals surface area contributed by atoms with E-state index >= 15 is 0 Å². The molecule has 3 rings (SSSR count). The first-order valence-electron chi connectivity index (χ1n) is 8.23. The standard InChI is InChI=1S/C16H18ClF3N2O4/c17-12-7-10(16(18,19)20)8-22(14(12)24)9-13(23)21-11-1-3-15(4-2-11)25-5-6-26-15/h7-8,11H,1-6,9H2,(H,21,23). The topological polar surface area (TPSA) is 69.6 Å². The van der Waals surface area contributed by atoms with Crippen LogP contribution in [0.2, 0.25) is 5.02 Å². The van der Waals surface area contributed by atoms with E-state index in [1.165, 1.54) is 0 Å². The molecule has 1 N–H and O–H groups in total. The molecule has 1 aromatic heterocycles. The summed E-state index contributed by atoms with van der Waals surface area (Å²) in [6, 6.07) is 0.415. The van der Waals surface area contributed by atoms with Crippen molar-refractivity contribution < 1.29 is 27.4 Å². The molecule has 0 bridgehead atoms. The summed E-state index contributed by atoms with van der Waals surface area (Å²) in [4.78, 5) is 24.1. The van der Waals surface area contributed by atoms with Crippen LogP contribution in [0.15, 0.2) is 17.1 Å². The zero-order valence-electron chi connectivity index (χ0n) is 13.8. The minimum atomic E-state index is -4.66. The third-order valence-electron chi connectivity index (χ3n) is 4.61. The third-order valence-corrected chi connectivity index (χ3v) is 4.88. The van der Waals surface area contributed by atoms with Crippen LogP contribution in [0, 0.1) is 0 Å². The predicted octanol–water partition coefficient (Wildman–Crippen LogP) is 2.32. The lowest BCUT2D eigenvalue weighted by atomic mass is 9.90. The number of carbonyl (C=O) groups is 1. The molecule has 0 radical (unpaired) electrons. The maximum atomic E-state index is 12.8. The molecule has 1 saturated heterocycles. The molecule has 2 aliphatic rings. The highest BCUT2D eigenvalue weighted by Gasteiger charge is 2.40. The van der Waals surface area contributed by atoms with E-state index in [2.05, 4.69) is 5.32 Å². The Hall–Kier alpha value is -1.58. The number of carbonyl (C=O) groups excluding carboxylic acids is 1. The van der Waals surface area contributed by atoms with Gasteiger partial charge in [0, 0.05) is 25.1 Å². The molecule has 10 heteroatoms. The van der Waals surface area contributed by atoms with Crippen molar-refractivity contribution in [3.8, 4) is 0 Å². The Bertz CT molecular complexity index is 734. The summed E-state index contributed by atoms with van der Waals surface area (Å²) in [5, 5.41) is 2.16. The zero-order chi connectivity index (χ0) is 18.9. The number of alkyl halides is 3. The van der Waals surface area contributed by atoms with Crippen LogP contribution in [-0.2, 0) is 27.0 Å². The number of halogens is 4. The van der Waals surface area contributed by atoms with E-state index in [-0.39, 0.29) is 6.04 Å². The van der Waals surface area contributed by atoms with E-state index in [4.69, 9.17) is 21.1 Å². The molecule has 6 nitrogen and oxygen atoms in total. The summed E-state index contributed by atoms with van der Waals surface area (Å²) in [7, 11) is 0. The smallest absolute Gasteiger partial charge is 0.352 e. The van der Waals surface area contributed by atoms with E-state index in [0.717, 1.165) is 0 Å². The summed E-state index contributed by atoms with van der Waals surface area (Å²) in [6.45, 7) is 0.573. The quantitative estimate of drug-likeness (QED) is 0.854.